The van der Waals surface area contributed by atoms with E-state index in [0.717, 1.165) is 30.8 Å². The van der Waals surface area contributed by atoms with Gasteiger partial charge in [-0.15, -0.1) is 11.3 Å². The highest BCUT2D eigenvalue weighted by atomic mass is 32.1. The largest absolute Gasteiger partial charge is 0.371 e. The Morgan fingerprint density at radius 1 is 1.06 bits per heavy atom. The molecule has 3 aromatic rings. The van der Waals surface area contributed by atoms with Gasteiger partial charge in [-0.25, -0.2) is 4.39 Å². The van der Waals surface area contributed by atoms with Gasteiger partial charge in [0.05, 0.1) is 4.88 Å². The van der Waals surface area contributed by atoms with E-state index in [-0.39, 0.29) is 17.6 Å². The summed E-state index contributed by atoms with van der Waals surface area (Å²) in [5.41, 5.74) is 1.98. The van der Waals surface area contributed by atoms with Crippen LogP contribution in [0.15, 0.2) is 72.1 Å². The van der Waals surface area contributed by atoms with Crippen LogP contribution in [0.2, 0.25) is 0 Å². The summed E-state index contributed by atoms with van der Waals surface area (Å²) in [5.74, 6) is -0.362. The number of carbonyl (C=O) groups excluding carboxylic acids is 2. The predicted molar refractivity (Wildman–Crippen MR) is 125 cm³/mol. The molecule has 1 fully saturated rings. The molecular formula is C25H26FN3O2S. The van der Waals surface area contributed by atoms with Crippen LogP contribution in [0.3, 0.4) is 0 Å². The maximum absolute atomic E-state index is 13.2. The fraction of sp³-hybridized carbons (Fsp3) is 0.280. The maximum Gasteiger partial charge on any atom is 0.262 e. The average Bonchev–Trinajstić information content (AvgIpc) is 3.51. The Kier molecular flexibility index (Phi) is 7.17. The molecule has 2 amide bonds. The Hall–Kier alpha value is -3.19. The zero-order valence-electron chi connectivity index (χ0n) is 17.7. The first-order valence-corrected chi connectivity index (χ1v) is 11.6. The highest BCUT2D eigenvalue weighted by Crippen LogP contribution is 2.23. The lowest BCUT2D eigenvalue weighted by atomic mass is 10.0. The van der Waals surface area contributed by atoms with Crippen LogP contribution in [0.5, 0.6) is 0 Å². The molecule has 0 bridgehead atoms. The molecule has 0 saturated carbocycles. The van der Waals surface area contributed by atoms with Gasteiger partial charge in [0.15, 0.2) is 0 Å². The van der Waals surface area contributed by atoms with Crippen molar-refractivity contribution >= 4 is 28.8 Å². The summed E-state index contributed by atoms with van der Waals surface area (Å²) in [6.45, 7) is 2.21. The van der Waals surface area contributed by atoms with Crippen molar-refractivity contribution in [1.82, 2.24) is 10.6 Å². The van der Waals surface area contributed by atoms with E-state index in [0.29, 0.717) is 23.8 Å². The highest BCUT2D eigenvalue weighted by molar-refractivity contribution is 7.12. The second-order valence-electron chi connectivity index (χ2n) is 8.02. The number of anilines is 1. The average molecular weight is 452 g/mol. The third-order valence-electron chi connectivity index (χ3n) is 5.69. The van der Waals surface area contributed by atoms with Crippen molar-refractivity contribution in [1.29, 1.82) is 0 Å². The zero-order chi connectivity index (χ0) is 22.3. The van der Waals surface area contributed by atoms with Crippen molar-refractivity contribution in [3.63, 3.8) is 0 Å². The summed E-state index contributed by atoms with van der Waals surface area (Å²) >= 11 is 1.35. The van der Waals surface area contributed by atoms with Crippen molar-refractivity contribution in [3.8, 4) is 0 Å². The molecule has 166 valence electrons. The van der Waals surface area contributed by atoms with Gasteiger partial charge in [0.1, 0.15) is 11.9 Å². The molecule has 1 saturated heterocycles. The number of halogens is 1. The van der Waals surface area contributed by atoms with Gasteiger partial charge >= 0.3 is 0 Å². The smallest absolute Gasteiger partial charge is 0.262 e. The number of hydrogen-bond acceptors (Lipinski definition) is 4. The summed E-state index contributed by atoms with van der Waals surface area (Å²) in [4.78, 5) is 28.4. The van der Waals surface area contributed by atoms with Crippen LogP contribution in [0, 0.1) is 11.7 Å². The SMILES string of the molecule is O=C(NC(Cc1ccccc1)C(=O)NCC1CCN(c2ccc(F)cc2)C1)c1cccs1. The van der Waals surface area contributed by atoms with E-state index >= 15 is 0 Å². The van der Waals surface area contributed by atoms with E-state index < -0.39 is 6.04 Å². The number of rotatable bonds is 8. The molecule has 7 heteroatoms. The highest BCUT2D eigenvalue weighted by Gasteiger charge is 2.26. The minimum atomic E-state index is -0.651. The van der Waals surface area contributed by atoms with E-state index in [9.17, 15) is 14.0 Å². The lowest BCUT2D eigenvalue weighted by molar-refractivity contribution is -0.123. The number of hydrogen-bond donors (Lipinski definition) is 2. The first-order chi connectivity index (χ1) is 15.6. The first kappa shape index (κ1) is 22.0. The molecule has 4 rings (SSSR count). The normalized spacial score (nSPS) is 16.5. The first-order valence-electron chi connectivity index (χ1n) is 10.7. The van der Waals surface area contributed by atoms with Crippen LogP contribution < -0.4 is 15.5 Å². The lowest BCUT2D eigenvalue weighted by Crippen LogP contribution is -2.49. The summed E-state index contributed by atoms with van der Waals surface area (Å²) in [7, 11) is 0. The molecule has 1 aliphatic heterocycles. The Labute approximate surface area is 191 Å². The zero-order valence-corrected chi connectivity index (χ0v) is 18.5. The van der Waals surface area contributed by atoms with E-state index in [1.165, 1.54) is 23.5 Å². The molecule has 1 aliphatic rings. The van der Waals surface area contributed by atoms with Crippen LogP contribution in [0.4, 0.5) is 10.1 Å². The Balaban J connectivity index is 1.35. The second kappa shape index (κ2) is 10.4. The fourth-order valence-corrected chi connectivity index (χ4v) is 4.58. The number of carbonyl (C=O) groups is 2. The van der Waals surface area contributed by atoms with Gasteiger partial charge in [-0.1, -0.05) is 36.4 Å². The number of amides is 2. The van der Waals surface area contributed by atoms with Crippen molar-refractivity contribution < 1.29 is 14.0 Å². The van der Waals surface area contributed by atoms with Gasteiger partial charge in [-0.3, -0.25) is 9.59 Å². The monoisotopic (exact) mass is 451 g/mol. The fourth-order valence-electron chi connectivity index (χ4n) is 3.95. The second-order valence-corrected chi connectivity index (χ2v) is 8.96. The molecular weight excluding hydrogens is 425 g/mol. The summed E-state index contributed by atoms with van der Waals surface area (Å²) in [6.07, 6.45) is 1.37. The van der Waals surface area contributed by atoms with Crippen LogP contribution in [-0.2, 0) is 11.2 Å². The number of nitrogens with one attached hydrogen (secondary N) is 2. The molecule has 0 aliphatic carbocycles. The van der Waals surface area contributed by atoms with Crippen LogP contribution in [0.1, 0.15) is 21.7 Å². The number of nitrogens with zero attached hydrogens (tertiary/aromatic N) is 1. The van der Waals surface area contributed by atoms with Crippen molar-refractivity contribution in [2.45, 2.75) is 18.9 Å². The van der Waals surface area contributed by atoms with E-state index in [1.807, 2.05) is 41.8 Å². The molecule has 0 spiro atoms. The standard InChI is InChI=1S/C25H26FN3O2S/c26-20-8-10-21(11-9-20)29-13-12-19(17-29)16-27-24(30)22(15-18-5-2-1-3-6-18)28-25(31)23-7-4-14-32-23/h1-11,14,19,22H,12-13,15-17H2,(H,27,30)(H,28,31). The molecule has 2 unspecified atom stereocenters. The van der Waals surface area contributed by atoms with Gasteiger partial charge in [0.25, 0.3) is 5.91 Å². The van der Waals surface area contributed by atoms with Gasteiger partial charge in [0.2, 0.25) is 5.91 Å². The third-order valence-corrected chi connectivity index (χ3v) is 6.56. The summed E-state index contributed by atoms with van der Waals surface area (Å²) in [5, 5.41) is 7.78. The van der Waals surface area contributed by atoms with E-state index in [2.05, 4.69) is 15.5 Å². The third kappa shape index (κ3) is 5.73. The lowest BCUT2D eigenvalue weighted by Gasteiger charge is -2.21. The molecule has 1 aromatic heterocycles. The Bertz CT molecular complexity index is 1030. The minimum Gasteiger partial charge on any atom is -0.371 e. The van der Waals surface area contributed by atoms with Crippen molar-refractivity contribution in [2.24, 2.45) is 5.92 Å². The summed E-state index contributed by atoms with van der Waals surface area (Å²) < 4.78 is 13.2. The van der Waals surface area contributed by atoms with Crippen LogP contribution >= 0.6 is 11.3 Å². The molecule has 2 N–H and O–H groups in total. The van der Waals surface area contributed by atoms with Gasteiger partial charge in [-0.2, -0.15) is 0 Å². The molecule has 2 heterocycles. The quantitative estimate of drug-likeness (QED) is 0.547. The Morgan fingerprint density at radius 3 is 2.56 bits per heavy atom. The van der Waals surface area contributed by atoms with Gasteiger partial charge in [-0.05, 0) is 53.6 Å². The number of benzene rings is 2. The van der Waals surface area contributed by atoms with Crippen LogP contribution in [-0.4, -0.2) is 37.5 Å². The van der Waals surface area contributed by atoms with Gasteiger partial charge < -0.3 is 15.5 Å². The van der Waals surface area contributed by atoms with E-state index in [1.54, 1.807) is 18.2 Å². The Morgan fingerprint density at radius 2 is 1.84 bits per heavy atom. The molecule has 0 radical (unpaired) electrons. The minimum absolute atomic E-state index is 0.181. The molecule has 2 atom stereocenters. The maximum atomic E-state index is 13.2. The molecule has 32 heavy (non-hydrogen) atoms. The predicted octanol–water partition coefficient (Wildman–Crippen LogP) is 3.87. The van der Waals surface area contributed by atoms with Crippen LogP contribution in [0.25, 0.3) is 0 Å². The summed E-state index contributed by atoms with van der Waals surface area (Å²) in [6, 6.07) is 19.1. The molecule has 2 aromatic carbocycles. The van der Waals surface area contributed by atoms with Crippen molar-refractivity contribution in [2.75, 3.05) is 24.5 Å². The molecule has 5 nitrogen and oxygen atoms in total. The van der Waals surface area contributed by atoms with Crippen molar-refractivity contribution in [3.05, 3.63) is 88.4 Å². The van der Waals surface area contributed by atoms with Gasteiger partial charge in [0, 0.05) is 31.7 Å². The number of thiophene rings is 1. The van der Waals surface area contributed by atoms with E-state index in [4.69, 9.17) is 0 Å². The topological polar surface area (TPSA) is 61.4 Å².